The lowest BCUT2D eigenvalue weighted by atomic mass is 10.1. The average molecular weight is 329 g/mol. The number of nitrogens with one attached hydrogen (secondary N) is 2. The SMILES string of the molecule is O=C(O)c1cccc([N+](=O)[O-])c1NCCCNCc1ccccc1. The zero-order valence-corrected chi connectivity index (χ0v) is 13.1. The molecule has 0 fully saturated rings. The van der Waals surface area contributed by atoms with Crippen molar-refractivity contribution in [3.8, 4) is 0 Å². The van der Waals surface area contributed by atoms with Crippen molar-refractivity contribution >= 4 is 17.3 Å². The number of carboxylic acid groups (broad SMARTS) is 1. The lowest BCUT2D eigenvalue weighted by Crippen LogP contribution is -2.18. The summed E-state index contributed by atoms with van der Waals surface area (Å²) < 4.78 is 0. The molecule has 2 aromatic carbocycles. The molecule has 2 rings (SSSR count). The zero-order valence-electron chi connectivity index (χ0n) is 13.1. The van der Waals surface area contributed by atoms with Crippen LogP contribution in [0.25, 0.3) is 0 Å². The summed E-state index contributed by atoms with van der Waals surface area (Å²) in [7, 11) is 0. The molecule has 0 radical (unpaired) electrons. The number of rotatable bonds is 9. The van der Waals surface area contributed by atoms with Gasteiger partial charge in [0.2, 0.25) is 0 Å². The standard InChI is InChI=1S/C17H19N3O4/c21-17(22)14-8-4-9-15(20(23)24)16(14)19-11-5-10-18-12-13-6-2-1-3-7-13/h1-4,6-9,18-19H,5,10-12H2,(H,21,22). The highest BCUT2D eigenvalue weighted by Crippen LogP contribution is 2.28. The summed E-state index contributed by atoms with van der Waals surface area (Å²) in [5, 5.41) is 26.4. The van der Waals surface area contributed by atoms with Crippen molar-refractivity contribution in [1.29, 1.82) is 0 Å². The van der Waals surface area contributed by atoms with E-state index in [-0.39, 0.29) is 16.9 Å². The number of para-hydroxylation sites is 1. The number of carbonyl (C=O) groups is 1. The molecule has 0 aromatic heterocycles. The minimum atomic E-state index is -1.19. The summed E-state index contributed by atoms with van der Waals surface area (Å²) in [5.74, 6) is -1.19. The fourth-order valence-corrected chi connectivity index (χ4v) is 2.31. The van der Waals surface area contributed by atoms with Gasteiger partial charge in [-0.3, -0.25) is 10.1 Å². The van der Waals surface area contributed by atoms with Gasteiger partial charge in [-0.05, 0) is 24.6 Å². The molecular weight excluding hydrogens is 310 g/mol. The minimum Gasteiger partial charge on any atom is -0.478 e. The van der Waals surface area contributed by atoms with Crippen LogP contribution in [0.5, 0.6) is 0 Å². The quantitative estimate of drug-likeness (QED) is 0.371. The number of hydrogen-bond donors (Lipinski definition) is 3. The molecule has 0 atom stereocenters. The Morgan fingerprint density at radius 1 is 1.08 bits per heavy atom. The van der Waals surface area contributed by atoms with Gasteiger partial charge >= 0.3 is 5.97 Å². The van der Waals surface area contributed by atoms with Crippen LogP contribution >= 0.6 is 0 Å². The van der Waals surface area contributed by atoms with Gasteiger partial charge in [0.25, 0.3) is 5.69 Å². The first-order valence-electron chi connectivity index (χ1n) is 7.59. The van der Waals surface area contributed by atoms with Crippen LogP contribution in [0, 0.1) is 10.1 Å². The maximum Gasteiger partial charge on any atom is 0.338 e. The molecule has 0 spiro atoms. The van der Waals surface area contributed by atoms with Crippen molar-refractivity contribution in [2.75, 3.05) is 18.4 Å². The average Bonchev–Trinajstić information content (AvgIpc) is 2.58. The number of nitro benzene ring substituents is 1. The lowest BCUT2D eigenvalue weighted by Gasteiger charge is -2.10. The van der Waals surface area contributed by atoms with Crippen LogP contribution in [0.3, 0.4) is 0 Å². The topological polar surface area (TPSA) is 104 Å². The Morgan fingerprint density at radius 3 is 2.50 bits per heavy atom. The summed E-state index contributed by atoms with van der Waals surface area (Å²) >= 11 is 0. The van der Waals surface area contributed by atoms with Gasteiger partial charge in [-0.15, -0.1) is 0 Å². The number of anilines is 1. The summed E-state index contributed by atoms with van der Waals surface area (Å²) in [6, 6.07) is 14.0. The van der Waals surface area contributed by atoms with E-state index in [0.717, 1.165) is 6.54 Å². The van der Waals surface area contributed by atoms with Gasteiger partial charge in [0.1, 0.15) is 5.69 Å². The van der Waals surface area contributed by atoms with Crippen LogP contribution in [0.15, 0.2) is 48.5 Å². The van der Waals surface area contributed by atoms with E-state index in [1.54, 1.807) is 0 Å². The van der Waals surface area contributed by atoms with Gasteiger partial charge in [0.15, 0.2) is 0 Å². The summed E-state index contributed by atoms with van der Waals surface area (Å²) in [4.78, 5) is 21.7. The normalized spacial score (nSPS) is 10.3. The smallest absolute Gasteiger partial charge is 0.338 e. The molecule has 2 aromatic rings. The third-order valence-corrected chi connectivity index (χ3v) is 3.47. The second kappa shape index (κ2) is 8.64. The maximum atomic E-state index is 11.2. The van der Waals surface area contributed by atoms with Crippen molar-refractivity contribution in [1.82, 2.24) is 5.32 Å². The highest BCUT2D eigenvalue weighted by Gasteiger charge is 2.20. The van der Waals surface area contributed by atoms with Crippen molar-refractivity contribution in [3.63, 3.8) is 0 Å². The largest absolute Gasteiger partial charge is 0.478 e. The number of aromatic carboxylic acids is 1. The van der Waals surface area contributed by atoms with Crippen molar-refractivity contribution < 1.29 is 14.8 Å². The molecule has 0 heterocycles. The van der Waals surface area contributed by atoms with Crippen LogP contribution in [-0.2, 0) is 6.54 Å². The highest BCUT2D eigenvalue weighted by molar-refractivity contribution is 5.96. The van der Waals surface area contributed by atoms with E-state index in [4.69, 9.17) is 5.11 Å². The van der Waals surface area contributed by atoms with Crippen LogP contribution in [-0.4, -0.2) is 29.1 Å². The number of nitrogens with zero attached hydrogens (tertiary/aromatic N) is 1. The third kappa shape index (κ3) is 4.79. The molecule has 0 saturated carbocycles. The Balaban J connectivity index is 1.85. The summed E-state index contributed by atoms with van der Waals surface area (Å²) in [5.41, 5.74) is 0.906. The van der Waals surface area contributed by atoms with Crippen LogP contribution < -0.4 is 10.6 Å². The number of benzene rings is 2. The van der Waals surface area contributed by atoms with Crippen molar-refractivity contribution in [3.05, 3.63) is 69.8 Å². The molecular formula is C17H19N3O4. The molecule has 0 saturated heterocycles. The molecule has 3 N–H and O–H groups in total. The van der Waals surface area contributed by atoms with Crippen LogP contribution in [0.1, 0.15) is 22.3 Å². The van der Waals surface area contributed by atoms with Gasteiger partial charge in [0, 0.05) is 19.2 Å². The van der Waals surface area contributed by atoms with Crippen molar-refractivity contribution in [2.24, 2.45) is 0 Å². The van der Waals surface area contributed by atoms with E-state index in [0.29, 0.717) is 19.5 Å². The first-order valence-corrected chi connectivity index (χ1v) is 7.59. The van der Waals surface area contributed by atoms with Crippen molar-refractivity contribution in [2.45, 2.75) is 13.0 Å². The molecule has 0 aliphatic carbocycles. The molecule has 0 aliphatic heterocycles. The predicted molar refractivity (Wildman–Crippen MR) is 91.3 cm³/mol. The van der Waals surface area contributed by atoms with Gasteiger partial charge in [-0.2, -0.15) is 0 Å². The molecule has 0 aliphatic rings. The van der Waals surface area contributed by atoms with E-state index < -0.39 is 10.9 Å². The molecule has 7 heteroatoms. The molecule has 0 unspecified atom stereocenters. The van der Waals surface area contributed by atoms with Gasteiger partial charge in [-0.25, -0.2) is 4.79 Å². The monoisotopic (exact) mass is 329 g/mol. The van der Waals surface area contributed by atoms with E-state index in [1.165, 1.54) is 23.8 Å². The Morgan fingerprint density at radius 2 is 1.83 bits per heavy atom. The number of carboxylic acids is 1. The first kappa shape index (κ1) is 17.4. The highest BCUT2D eigenvalue weighted by atomic mass is 16.6. The Bertz CT molecular complexity index is 672. The second-order valence-electron chi connectivity index (χ2n) is 5.20. The molecule has 0 bridgehead atoms. The fraction of sp³-hybridized carbons (Fsp3) is 0.235. The second-order valence-corrected chi connectivity index (χ2v) is 5.20. The lowest BCUT2D eigenvalue weighted by molar-refractivity contribution is -0.384. The Hall–Kier alpha value is -2.93. The van der Waals surface area contributed by atoms with Crippen LogP contribution in [0.2, 0.25) is 0 Å². The summed E-state index contributed by atoms with van der Waals surface area (Å²) in [6.45, 7) is 1.89. The van der Waals surface area contributed by atoms with E-state index in [1.807, 2.05) is 30.3 Å². The molecule has 126 valence electrons. The predicted octanol–water partition coefficient (Wildman–Crippen LogP) is 2.88. The van der Waals surface area contributed by atoms with E-state index >= 15 is 0 Å². The fourth-order valence-electron chi connectivity index (χ4n) is 2.31. The molecule has 24 heavy (non-hydrogen) atoms. The Labute approximate surface area is 139 Å². The first-order chi connectivity index (χ1) is 11.6. The molecule has 0 amide bonds. The van der Waals surface area contributed by atoms with Crippen LogP contribution in [0.4, 0.5) is 11.4 Å². The maximum absolute atomic E-state index is 11.2. The number of nitro groups is 1. The van der Waals surface area contributed by atoms with Gasteiger partial charge < -0.3 is 15.7 Å². The Kier molecular flexibility index (Phi) is 6.27. The van der Waals surface area contributed by atoms with E-state index in [9.17, 15) is 14.9 Å². The molecule has 7 nitrogen and oxygen atoms in total. The summed E-state index contributed by atoms with van der Waals surface area (Å²) in [6.07, 6.45) is 0.706. The zero-order chi connectivity index (χ0) is 17.4. The minimum absolute atomic E-state index is 0.0538. The van der Waals surface area contributed by atoms with E-state index in [2.05, 4.69) is 10.6 Å². The third-order valence-electron chi connectivity index (χ3n) is 3.47. The van der Waals surface area contributed by atoms with Gasteiger partial charge in [-0.1, -0.05) is 36.4 Å². The number of hydrogen-bond acceptors (Lipinski definition) is 5. The van der Waals surface area contributed by atoms with Gasteiger partial charge in [0.05, 0.1) is 10.5 Å².